The van der Waals surface area contributed by atoms with Crippen molar-refractivity contribution in [2.45, 2.75) is 33.0 Å². The number of hydrogen-bond donors (Lipinski definition) is 0. The Morgan fingerprint density at radius 2 is 1.79 bits per heavy atom. The number of aryl methyl sites for hydroxylation is 2. The molecule has 0 unspecified atom stereocenters. The summed E-state index contributed by atoms with van der Waals surface area (Å²) in [6, 6.07) is 11.7. The van der Waals surface area contributed by atoms with E-state index < -0.39 is 12.2 Å². The lowest BCUT2D eigenvalue weighted by Crippen LogP contribution is -2.52. The number of carbonyl (C=O) groups excluding carboxylic acids is 1. The van der Waals surface area contributed by atoms with E-state index in [4.69, 9.17) is 19.2 Å². The third kappa shape index (κ3) is 4.43. The molecule has 0 aliphatic carbocycles. The van der Waals surface area contributed by atoms with Crippen molar-refractivity contribution in [1.82, 2.24) is 9.88 Å². The summed E-state index contributed by atoms with van der Waals surface area (Å²) >= 11 is 1.57. The van der Waals surface area contributed by atoms with Crippen molar-refractivity contribution >= 4 is 32.6 Å². The molecule has 2 aliphatic rings. The van der Waals surface area contributed by atoms with Gasteiger partial charge in [-0.1, -0.05) is 35.6 Å². The van der Waals surface area contributed by atoms with Crippen LogP contribution in [0.25, 0.3) is 10.2 Å². The van der Waals surface area contributed by atoms with Gasteiger partial charge < -0.3 is 14.2 Å². The minimum absolute atomic E-state index is 0.125. The Balaban J connectivity index is 1.46. The third-order valence-electron chi connectivity index (χ3n) is 6.26. The van der Waals surface area contributed by atoms with Gasteiger partial charge in [0.25, 0.3) is 5.91 Å². The van der Waals surface area contributed by atoms with Crippen molar-refractivity contribution in [2.24, 2.45) is 0 Å². The van der Waals surface area contributed by atoms with Gasteiger partial charge in [-0.15, -0.1) is 0 Å². The number of aromatic nitrogens is 1. The van der Waals surface area contributed by atoms with Crippen LogP contribution in [0.3, 0.4) is 0 Å². The highest BCUT2D eigenvalue weighted by Gasteiger charge is 2.38. The van der Waals surface area contributed by atoms with Gasteiger partial charge in [-0.05, 0) is 44.0 Å². The number of morpholine rings is 1. The summed E-state index contributed by atoms with van der Waals surface area (Å²) < 4.78 is 18.8. The predicted octanol–water partition coefficient (Wildman–Crippen LogP) is 3.81. The van der Waals surface area contributed by atoms with E-state index in [9.17, 15) is 4.79 Å². The highest BCUT2D eigenvalue weighted by atomic mass is 32.1. The number of carbonyl (C=O) groups is 1. The minimum atomic E-state index is -0.737. The Morgan fingerprint density at radius 3 is 2.52 bits per heavy atom. The van der Waals surface area contributed by atoms with Crippen LogP contribution in [0.1, 0.15) is 18.1 Å². The second-order valence-electron chi connectivity index (χ2n) is 8.63. The molecule has 2 atom stereocenters. The summed E-state index contributed by atoms with van der Waals surface area (Å²) in [5, 5.41) is 0.704. The number of rotatable bonds is 5. The second kappa shape index (κ2) is 9.29. The summed E-state index contributed by atoms with van der Waals surface area (Å²) in [4.78, 5) is 22.9. The summed E-state index contributed by atoms with van der Waals surface area (Å²) in [7, 11) is 0. The Bertz CT molecular complexity index is 1120. The number of para-hydroxylation sites is 2. The maximum Gasteiger partial charge on any atom is 0.273 e. The van der Waals surface area contributed by atoms with Crippen molar-refractivity contribution in [3.05, 3.63) is 47.5 Å². The fourth-order valence-electron chi connectivity index (χ4n) is 4.27. The van der Waals surface area contributed by atoms with E-state index in [-0.39, 0.29) is 5.91 Å². The molecule has 0 bridgehead atoms. The number of hydrogen-bond acceptors (Lipinski definition) is 7. The SMILES string of the molecule is Cc1ccc(C)c2sc(N(CCN3CCOCC3)C(=O)[C@@H]3Oc4ccccc4O[C@@H]3C)nc12. The van der Waals surface area contributed by atoms with Gasteiger partial charge in [0.2, 0.25) is 6.10 Å². The van der Waals surface area contributed by atoms with Crippen LogP contribution >= 0.6 is 11.3 Å². The normalized spacial score (nSPS) is 20.7. The zero-order valence-electron chi connectivity index (χ0n) is 19.2. The van der Waals surface area contributed by atoms with Gasteiger partial charge in [-0.2, -0.15) is 0 Å². The van der Waals surface area contributed by atoms with Crippen LogP contribution in [0.2, 0.25) is 0 Å². The van der Waals surface area contributed by atoms with E-state index >= 15 is 0 Å². The molecule has 7 nitrogen and oxygen atoms in total. The van der Waals surface area contributed by atoms with Crippen molar-refractivity contribution in [1.29, 1.82) is 0 Å². The first-order valence-corrected chi connectivity index (χ1v) is 12.2. The molecule has 8 heteroatoms. The van der Waals surface area contributed by atoms with Gasteiger partial charge in [0.15, 0.2) is 16.6 Å². The molecule has 1 aromatic heterocycles. The number of amides is 1. The predicted molar refractivity (Wildman–Crippen MR) is 130 cm³/mol. The van der Waals surface area contributed by atoms with Gasteiger partial charge in [0.05, 0.1) is 23.4 Å². The fourth-order valence-corrected chi connectivity index (χ4v) is 5.42. The van der Waals surface area contributed by atoms with Crippen molar-refractivity contribution < 1.29 is 19.0 Å². The standard InChI is InChI=1S/C25H29N3O4S/c1-16-8-9-17(2)23-21(16)26-25(33-23)28(11-10-27-12-14-30-15-13-27)24(29)22-18(3)31-19-6-4-5-7-20(19)32-22/h4-9,18,22H,10-15H2,1-3H3/t18-,22-/m1/s1. The number of benzene rings is 2. The van der Waals surface area contributed by atoms with Crippen LogP contribution in [0, 0.1) is 13.8 Å². The van der Waals surface area contributed by atoms with Gasteiger partial charge >= 0.3 is 0 Å². The molecule has 0 radical (unpaired) electrons. The molecule has 3 aromatic rings. The molecule has 1 amide bonds. The third-order valence-corrected chi connectivity index (χ3v) is 7.47. The molecule has 2 aliphatic heterocycles. The van der Waals surface area contributed by atoms with E-state index in [1.165, 1.54) is 5.56 Å². The van der Waals surface area contributed by atoms with Gasteiger partial charge in [0.1, 0.15) is 6.10 Å². The Kier molecular flexibility index (Phi) is 6.23. The molecule has 3 heterocycles. The Labute approximate surface area is 197 Å². The maximum absolute atomic E-state index is 13.9. The van der Waals surface area contributed by atoms with E-state index in [0.717, 1.165) is 48.6 Å². The molecular formula is C25H29N3O4S. The lowest BCUT2D eigenvalue weighted by atomic mass is 10.1. The topological polar surface area (TPSA) is 64.1 Å². The van der Waals surface area contributed by atoms with Crippen molar-refractivity contribution in [3.63, 3.8) is 0 Å². The zero-order valence-corrected chi connectivity index (χ0v) is 20.1. The van der Waals surface area contributed by atoms with E-state index in [2.05, 4.69) is 30.9 Å². The van der Waals surface area contributed by atoms with Crippen LogP contribution < -0.4 is 14.4 Å². The van der Waals surface area contributed by atoms with Crippen LogP contribution in [0.5, 0.6) is 11.5 Å². The highest BCUT2D eigenvalue weighted by Crippen LogP contribution is 2.36. The van der Waals surface area contributed by atoms with E-state index in [1.807, 2.05) is 31.2 Å². The minimum Gasteiger partial charge on any atom is -0.482 e. The van der Waals surface area contributed by atoms with Crippen LogP contribution in [0.15, 0.2) is 36.4 Å². The van der Waals surface area contributed by atoms with E-state index in [1.54, 1.807) is 16.2 Å². The molecule has 1 fully saturated rings. The number of ether oxygens (including phenoxy) is 3. The fraction of sp³-hybridized carbons (Fsp3) is 0.440. The molecule has 5 rings (SSSR count). The first kappa shape index (κ1) is 22.1. The molecule has 0 N–H and O–H groups in total. The summed E-state index contributed by atoms with van der Waals surface area (Å²) in [5.41, 5.74) is 3.23. The van der Waals surface area contributed by atoms with Crippen molar-refractivity contribution in [3.8, 4) is 11.5 Å². The average Bonchev–Trinajstić information content (AvgIpc) is 3.28. The molecule has 0 spiro atoms. The molecule has 33 heavy (non-hydrogen) atoms. The molecule has 0 saturated carbocycles. The van der Waals surface area contributed by atoms with Gasteiger partial charge in [-0.25, -0.2) is 4.98 Å². The van der Waals surface area contributed by atoms with E-state index in [0.29, 0.717) is 23.2 Å². The molecule has 174 valence electrons. The first-order chi connectivity index (χ1) is 16.0. The number of fused-ring (bicyclic) bond motifs is 2. The Hall–Kier alpha value is -2.68. The molecule has 1 saturated heterocycles. The zero-order chi connectivity index (χ0) is 22.9. The number of nitrogens with zero attached hydrogens (tertiary/aromatic N) is 3. The summed E-state index contributed by atoms with van der Waals surface area (Å²) in [6.45, 7) is 10.5. The van der Waals surface area contributed by atoms with Crippen LogP contribution in [-0.4, -0.2) is 67.4 Å². The van der Waals surface area contributed by atoms with Crippen LogP contribution in [-0.2, 0) is 9.53 Å². The van der Waals surface area contributed by atoms with Crippen LogP contribution in [0.4, 0.5) is 5.13 Å². The Morgan fingerprint density at radius 1 is 1.09 bits per heavy atom. The van der Waals surface area contributed by atoms with Crippen molar-refractivity contribution in [2.75, 3.05) is 44.3 Å². The lowest BCUT2D eigenvalue weighted by Gasteiger charge is -2.35. The maximum atomic E-state index is 13.9. The molecule has 2 aromatic carbocycles. The second-order valence-corrected chi connectivity index (χ2v) is 9.60. The lowest BCUT2D eigenvalue weighted by molar-refractivity contribution is -0.130. The number of thiazole rings is 1. The highest BCUT2D eigenvalue weighted by molar-refractivity contribution is 7.22. The largest absolute Gasteiger partial charge is 0.482 e. The van der Waals surface area contributed by atoms with Gasteiger partial charge in [-0.3, -0.25) is 14.6 Å². The first-order valence-electron chi connectivity index (χ1n) is 11.4. The summed E-state index contributed by atoms with van der Waals surface area (Å²) in [5.74, 6) is 1.14. The van der Waals surface area contributed by atoms with Gasteiger partial charge in [0, 0.05) is 26.2 Å². The summed E-state index contributed by atoms with van der Waals surface area (Å²) in [6.07, 6.45) is -1.14. The smallest absolute Gasteiger partial charge is 0.273 e. The number of anilines is 1. The quantitative estimate of drug-likeness (QED) is 0.569. The average molecular weight is 468 g/mol. The monoisotopic (exact) mass is 467 g/mol. The molecular weight excluding hydrogens is 438 g/mol.